The number of nitrogens with zero attached hydrogens (tertiary/aromatic N) is 1. The van der Waals surface area contributed by atoms with Gasteiger partial charge in [-0.25, -0.2) is 4.39 Å². The number of rotatable bonds is 6. The Morgan fingerprint density at radius 1 is 1.39 bits per heavy atom. The molecule has 0 heterocycles. The van der Waals surface area contributed by atoms with Crippen LogP contribution in [-0.4, -0.2) is 24.7 Å². The van der Waals surface area contributed by atoms with Crippen LogP contribution in [0.4, 0.5) is 10.1 Å². The summed E-state index contributed by atoms with van der Waals surface area (Å²) in [7, 11) is 1.79. The molecule has 1 rings (SSSR count). The van der Waals surface area contributed by atoms with Gasteiger partial charge in [0.15, 0.2) is 0 Å². The first-order valence-corrected chi connectivity index (χ1v) is 6.15. The van der Waals surface area contributed by atoms with Crippen LogP contribution in [0.15, 0.2) is 24.3 Å². The predicted molar refractivity (Wildman–Crippen MR) is 70.3 cm³/mol. The summed E-state index contributed by atoms with van der Waals surface area (Å²) >= 11 is 0. The molecule has 100 valence electrons. The average Bonchev–Trinajstić information content (AvgIpc) is 2.35. The maximum atomic E-state index is 13.1. The van der Waals surface area contributed by atoms with Crippen LogP contribution < -0.4 is 4.90 Å². The van der Waals surface area contributed by atoms with Gasteiger partial charge in [0, 0.05) is 19.3 Å². The molecule has 0 fully saturated rings. The highest BCUT2D eigenvalue weighted by Crippen LogP contribution is 2.29. The lowest BCUT2D eigenvalue weighted by Crippen LogP contribution is -2.41. The highest BCUT2D eigenvalue weighted by atomic mass is 19.1. The molecule has 0 amide bonds. The topological polar surface area (TPSA) is 40.5 Å². The first-order chi connectivity index (χ1) is 8.45. The summed E-state index contributed by atoms with van der Waals surface area (Å²) < 4.78 is 13.1. The Morgan fingerprint density at radius 2 is 2.00 bits per heavy atom. The van der Waals surface area contributed by atoms with Gasteiger partial charge < -0.3 is 10.0 Å². The van der Waals surface area contributed by atoms with Crippen molar-refractivity contribution >= 4 is 11.7 Å². The van der Waals surface area contributed by atoms with Crippen molar-refractivity contribution in [3.8, 4) is 0 Å². The number of hydrogen-bond donors (Lipinski definition) is 1. The average molecular weight is 253 g/mol. The fourth-order valence-corrected chi connectivity index (χ4v) is 2.10. The molecule has 0 aliphatic carbocycles. The zero-order valence-corrected chi connectivity index (χ0v) is 11.1. The Hall–Kier alpha value is -1.58. The smallest absolute Gasteiger partial charge is 0.311 e. The Bertz CT molecular complexity index is 416. The van der Waals surface area contributed by atoms with Crippen molar-refractivity contribution in [1.82, 2.24) is 0 Å². The molecule has 0 saturated heterocycles. The van der Waals surface area contributed by atoms with Crippen molar-refractivity contribution in [3.63, 3.8) is 0 Å². The summed E-state index contributed by atoms with van der Waals surface area (Å²) in [6.45, 7) is 4.12. The van der Waals surface area contributed by atoms with Crippen LogP contribution in [0.3, 0.4) is 0 Å². The Kier molecular flexibility index (Phi) is 4.70. The number of carboxylic acid groups (broad SMARTS) is 1. The monoisotopic (exact) mass is 253 g/mol. The molecule has 0 saturated carbocycles. The number of carbonyl (C=O) groups is 1. The van der Waals surface area contributed by atoms with Crippen molar-refractivity contribution in [2.45, 2.75) is 26.7 Å². The van der Waals surface area contributed by atoms with Gasteiger partial charge in [0.25, 0.3) is 0 Å². The van der Waals surface area contributed by atoms with Crippen LogP contribution in [0.25, 0.3) is 0 Å². The maximum Gasteiger partial charge on any atom is 0.311 e. The second-order valence-corrected chi connectivity index (χ2v) is 4.63. The first-order valence-electron chi connectivity index (χ1n) is 6.15. The van der Waals surface area contributed by atoms with E-state index in [1.165, 1.54) is 12.1 Å². The molecule has 1 N–H and O–H groups in total. The zero-order chi connectivity index (χ0) is 13.8. The molecule has 0 unspecified atom stereocenters. The summed E-state index contributed by atoms with van der Waals surface area (Å²) in [6, 6.07) is 6.20. The lowest BCUT2D eigenvalue weighted by molar-refractivity contribution is -0.148. The van der Waals surface area contributed by atoms with Crippen LogP contribution >= 0.6 is 0 Å². The van der Waals surface area contributed by atoms with E-state index in [9.17, 15) is 14.3 Å². The van der Waals surface area contributed by atoms with Crippen LogP contribution in [0.1, 0.15) is 26.7 Å². The molecule has 0 aromatic heterocycles. The molecule has 0 aliphatic heterocycles. The van der Waals surface area contributed by atoms with Crippen LogP contribution in [-0.2, 0) is 4.79 Å². The molecule has 1 aromatic carbocycles. The molecular weight excluding hydrogens is 233 g/mol. The van der Waals surface area contributed by atoms with E-state index >= 15 is 0 Å². The van der Waals surface area contributed by atoms with Crippen LogP contribution in [0.5, 0.6) is 0 Å². The number of benzene rings is 1. The minimum absolute atomic E-state index is 0.312. The van der Waals surface area contributed by atoms with Crippen molar-refractivity contribution < 1.29 is 14.3 Å². The summed E-state index contributed by atoms with van der Waals surface area (Å²) in [5, 5.41) is 9.37. The molecular formula is C14H20FNO2. The number of carboxylic acids is 1. The quantitative estimate of drug-likeness (QED) is 0.846. The first kappa shape index (κ1) is 14.5. The Balaban J connectivity index is 2.91. The summed E-state index contributed by atoms with van der Waals surface area (Å²) in [5.41, 5.74) is -0.0799. The minimum atomic E-state index is -0.796. The molecule has 0 spiro atoms. The summed E-state index contributed by atoms with van der Waals surface area (Å²) in [4.78, 5) is 13.2. The van der Waals surface area contributed by atoms with E-state index in [-0.39, 0.29) is 5.82 Å². The molecule has 0 bridgehead atoms. The fraction of sp³-hybridized carbons (Fsp3) is 0.500. The highest BCUT2D eigenvalue weighted by molar-refractivity contribution is 5.75. The van der Waals surface area contributed by atoms with E-state index in [1.807, 2.05) is 13.8 Å². The predicted octanol–water partition coefficient (Wildman–Crippen LogP) is 3.15. The minimum Gasteiger partial charge on any atom is -0.481 e. The van der Waals surface area contributed by atoms with Gasteiger partial charge in [-0.1, -0.05) is 19.9 Å². The van der Waals surface area contributed by atoms with E-state index < -0.39 is 11.4 Å². The van der Waals surface area contributed by atoms with Gasteiger partial charge in [-0.05, 0) is 31.0 Å². The largest absolute Gasteiger partial charge is 0.481 e. The third-order valence-corrected chi connectivity index (χ3v) is 3.60. The van der Waals surface area contributed by atoms with Gasteiger partial charge in [0.1, 0.15) is 5.82 Å². The second kappa shape index (κ2) is 5.85. The van der Waals surface area contributed by atoms with Crippen LogP contribution in [0.2, 0.25) is 0 Å². The van der Waals surface area contributed by atoms with Crippen LogP contribution in [0, 0.1) is 11.2 Å². The van der Waals surface area contributed by atoms with E-state index in [2.05, 4.69) is 0 Å². The van der Waals surface area contributed by atoms with Crippen molar-refractivity contribution in [1.29, 1.82) is 0 Å². The van der Waals surface area contributed by atoms with E-state index in [1.54, 1.807) is 24.1 Å². The molecule has 0 radical (unpaired) electrons. The molecule has 0 atom stereocenters. The van der Waals surface area contributed by atoms with Gasteiger partial charge in [0.05, 0.1) is 5.41 Å². The number of aliphatic carboxylic acids is 1. The van der Waals surface area contributed by atoms with Gasteiger partial charge in [0.2, 0.25) is 0 Å². The molecule has 4 heteroatoms. The lowest BCUT2D eigenvalue weighted by Gasteiger charge is -2.32. The third-order valence-electron chi connectivity index (χ3n) is 3.60. The van der Waals surface area contributed by atoms with Gasteiger partial charge in [-0.15, -0.1) is 0 Å². The molecule has 0 aliphatic rings. The van der Waals surface area contributed by atoms with Gasteiger partial charge in [-0.3, -0.25) is 4.79 Å². The van der Waals surface area contributed by atoms with E-state index in [4.69, 9.17) is 0 Å². The lowest BCUT2D eigenvalue weighted by atomic mass is 9.82. The maximum absolute atomic E-state index is 13.1. The van der Waals surface area contributed by atoms with Crippen molar-refractivity contribution in [2.75, 3.05) is 18.5 Å². The summed E-state index contributed by atoms with van der Waals surface area (Å²) in [5.74, 6) is -1.11. The zero-order valence-electron chi connectivity index (χ0n) is 11.1. The third kappa shape index (κ3) is 3.00. The number of halogens is 1. The van der Waals surface area contributed by atoms with Crippen molar-refractivity contribution in [2.24, 2.45) is 5.41 Å². The summed E-state index contributed by atoms with van der Waals surface area (Å²) in [6.07, 6.45) is 1.11. The highest BCUT2D eigenvalue weighted by Gasteiger charge is 2.36. The number of anilines is 1. The number of hydrogen-bond acceptors (Lipinski definition) is 2. The Morgan fingerprint density at radius 3 is 2.44 bits per heavy atom. The van der Waals surface area contributed by atoms with Gasteiger partial charge in [-0.2, -0.15) is 0 Å². The SMILES string of the molecule is CCC(CC)(CN(C)c1cccc(F)c1)C(=O)O. The van der Waals surface area contributed by atoms with E-state index in [0.29, 0.717) is 25.1 Å². The van der Waals surface area contributed by atoms with Crippen molar-refractivity contribution in [3.05, 3.63) is 30.1 Å². The molecule has 1 aromatic rings. The normalized spacial score (nSPS) is 11.3. The fourth-order valence-electron chi connectivity index (χ4n) is 2.10. The van der Waals surface area contributed by atoms with Gasteiger partial charge >= 0.3 is 5.97 Å². The molecule has 18 heavy (non-hydrogen) atoms. The molecule has 3 nitrogen and oxygen atoms in total. The van der Waals surface area contributed by atoms with E-state index in [0.717, 1.165) is 0 Å². The standard InChI is InChI=1S/C14H20FNO2/c1-4-14(5-2,13(17)18)10-16(3)12-8-6-7-11(15)9-12/h6-9H,4-5,10H2,1-3H3,(H,17,18). The Labute approximate surface area is 107 Å². The second-order valence-electron chi connectivity index (χ2n) is 4.63.